The van der Waals surface area contributed by atoms with Crippen LogP contribution in [0.4, 0.5) is 19.0 Å². The monoisotopic (exact) mass is 396 g/mol. The molecule has 4 rings (SSSR count). The lowest BCUT2D eigenvalue weighted by Crippen LogP contribution is -2.67. The van der Waals surface area contributed by atoms with Crippen LogP contribution in [0.3, 0.4) is 0 Å². The fraction of sp³-hybridized carbons (Fsp3) is 0.700. The standard InChI is InChI=1S/C20H27F3N4O/c1-25(2)12-16-14-9-13(15-5-3-8-19(28)27(15)16)10-26(11-14)18-7-4-6-17(24-18)20(21,22)23/h4,6-7,13-16H,3,5,8-12H2,1-2H3/t13-,14+,15+,16+/m1/s1. The molecule has 3 fully saturated rings. The van der Waals surface area contributed by atoms with E-state index in [0.717, 1.165) is 31.9 Å². The Bertz CT molecular complexity index is 738. The average molecular weight is 396 g/mol. The molecular weight excluding hydrogens is 369 g/mol. The minimum Gasteiger partial charge on any atom is -0.356 e. The van der Waals surface area contributed by atoms with Gasteiger partial charge in [-0.25, -0.2) is 4.98 Å². The highest BCUT2D eigenvalue weighted by molar-refractivity contribution is 5.78. The number of carbonyl (C=O) groups is 1. The summed E-state index contributed by atoms with van der Waals surface area (Å²) in [6, 6.07) is 4.42. The number of piperidine rings is 3. The lowest BCUT2D eigenvalue weighted by atomic mass is 9.72. The molecule has 3 aliphatic rings. The first-order chi connectivity index (χ1) is 13.2. The topological polar surface area (TPSA) is 39.7 Å². The van der Waals surface area contributed by atoms with Gasteiger partial charge in [0.2, 0.25) is 5.91 Å². The maximum atomic E-state index is 13.1. The fourth-order valence-electron chi connectivity index (χ4n) is 5.33. The summed E-state index contributed by atoms with van der Waals surface area (Å²) in [6.45, 7) is 2.08. The SMILES string of the molecule is CN(C)C[C@H]1[C@H]2C[C@H](CN(c3cccc(C(F)(F)F)n3)C2)[C@@H]2CCCC(=O)N21. The third-order valence-electron chi connectivity index (χ3n) is 6.40. The van der Waals surface area contributed by atoms with E-state index in [2.05, 4.69) is 14.8 Å². The van der Waals surface area contributed by atoms with Crippen molar-refractivity contribution in [2.75, 3.05) is 38.6 Å². The van der Waals surface area contributed by atoms with Gasteiger partial charge in [0, 0.05) is 38.1 Å². The summed E-state index contributed by atoms with van der Waals surface area (Å²) in [5.41, 5.74) is -0.847. The number of anilines is 1. The van der Waals surface area contributed by atoms with Crippen molar-refractivity contribution < 1.29 is 18.0 Å². The van der Waals surface area contributed by atoms with Crippen LogP contribution in [0.1, 0.15) is 31.4 Å². The third kappa shape index (κ3) is 3.58. The lowest BCUT2D eigenvalue weighted by Gasteiger charge is -2.57. The van der Waals surface area contributed by atoms with E-state index in [9.17, 15) is 18.0 Å². The normalized spacial score (nSPS) is 30.6. The van der Waals surface area contributed by atoms with Gasteiger partial charge in [-0.05, 0) is 57.3 Å². The number of likely N-dealkylation sites (N-methyl/N-ethyl adjacent to an activating group) is 1. The number of fused-ring (bicyclic) bond motifs is 4. The van der Waals surface area contributed by atoms with Crippen LogP contribution in [0, 0.1) is 11.8 Å². The second kappa shape index (κ2) is 7.21. The number of hydrogen-bond donors (Lipinski definition) is 0. The first-order valence-electron chi connectivity index (χ1n) is 9.99. The first kappa shape index (κ1) is 19.5. The molecule has 1 aromatic rings. The van der Waals surface area contributed by atoms with E-state index < -0.39 is 11.9 Å². The van der Waals surface area contributed by atoms with Crippen LogP contribution < -0.4 is 4.90 Å². The zero-order valence-corrected chi connectivity index (χ0v) is 16.3. The Kier molecular flexibility index (Phi) is 5.02. The number of rotatable bonds is 3. The van der Waals surface area contributed by atoms with E-state index in [1.165, 1.54) is 6.07 Å². The molecule has 0 N–H and O–H groups in total. The van der Waals surface area contributed by atoms with Crippen molar-refractivity contribution in [3.8, 4) is 0 Å². The summed E-state index contributed by atoms with van der Waals surface area (Å²) >= 11 is 0. The Balaban J connectivity index is 1.63. The number of aromatic nitrogens is 1. The van der Waals surface area contributed by atoms with Crippen molar-refractivity contribution in [2.45, 2.75) is 43.9 Å². The molecule has 2 bridgehead atoms. The van der Waals surface area contributed by atoms with Crippen LogP contribution in [0.25, 0.3) is 0 Å². The molecule has 5 nitrogen and oxygen atoms in total. The van der Waals surface area contributed by atoms with Gasteiger partial charge in [-0.2, -0.15) is 13.2 Å². The van der Waals surface area contributed by atoms with E-state index in [1.54, 1.807) is 6.07 Å². The Morgan fingerprint density at radius 1 is 1.21 bits per heavy atom. The van der Waals surface area contributed by atoms with E-state index in [1.807, 2.05) is 19.0 Å². The molecule has 4 atom stereocenters. The van der Waals surface area contributed by atoms with Gasteiger partial charge in [0.05, 0.1) is 0 Å². The van der Waals surface area contributed by atoms with E-state index >= 15 is 0 Å². The summed E-state index contributed by atoms with van der Waals surface area (Å²) in [5.74, 6) is 1.17. The highest BCUT2D eigenvalue weighted by atomic mass is 19.4. The Morgan fingerprint density at radius 3 is 2.68 bits per heavy atom. The van der Waals surface area contributed by atoms with Crippen molar-refractivity contribution in [3.05, 3.63) is 23.9 Å². The van der Waals surface area contributed by atoms with Crippen LogP contribution in [0.15, 0.2) is 18.2 Å². The van der Waals surface area contributed by atoms with Crippen molar-refractivity contribution >= 4 is 11.7 Å². The third-order valence-corrected chi connectivity index (χ3v) is 6.40. The second-order valence-corrected chi connectivity index (χ2v) is 8.63. The molecule has 28 heavy (non-hydrogen) atoms. The zero-order valence-electron chi connectivity index (χ0n) is 16.3. The van der Waals surface area contributed by atoms with Crippen molar-refractivity contribution in [1.82, 2.24) is 14.8 Å². The fourth-order valence-corrected chi connectivity index (χ4v) is 5.33. The summed E-state index contributed by atoms with van der Waals surface area (Å²) in [4.78, 5) is 22.9. The van der Waals surface area contributed by atoms with Crippen LogP contribution in [-0.4, -0.2) is 66.5 Å². The second-order valence-electron chi connectivity index (χ2n) is 8.63. The Labute approximate surface area is 163 Å². The van der Waals surface area contributed by atoms with Gasteiger partial charge in [-0.1, -0.05) is 6.07 Å². The molecule has 0 radical (unpaired) electrons. The number of nitrogens with zero attached hydrogens (tertiary/aromatic N) is 4. The van der Waals surface area contributed by atoms with Crippen LogP contribution in [-0.2, 0) is 11.0 Å². The highest BCUT2D eigenvalue weighted by Gasteiger charge is 2.49. The highest BCUT2D eigenvalue weighted by Crippen LogP contribution is 2.42. The predicted octanol–water partition coefficient (Wildman–Crippen LogP) is 2.87. The molecule has 4 heterocycles. The number of amides is 1. The lowest BCUT2D eigenvalue weighted by molar-refractivity contribution is -0.149. The smallest absolute Gasteiger partial charge is 0.356 e. The number of alkyl halides is 3. The first-order valence-corrected chi connectivity index (χ1v) is 9.99. The zero-order chi connectivity index (χ0) is 20.1. The number of carbonyl (C=O) groups excluding carboxylic acids is 1. The van der Waals surface area contributed by atoms with Crippen molar-refractivity contribution in [3.63, 3.8) is 0 Å². The number of pyridine rings is 1. The van der Waals surface area contributed by atoms with E-state index in [0.29, 0.717) is 25.3 Å². The quantitative estimate of drug-likeness (QED) is 0.788. The molecule has 8 heteroatoms. The van der Waals surface area contributed by atoms with Crippen LogP contribution in [0.5, 0.6) is 0 Å². The predicted molar refractivity (Wildman–Crippen MR) is 99.9 cm³/mol. The van der Waals surface area contributed by atoms with E-state index in [4.69, 9.17) is 0 Å². The van der Waals surface area contributed by atoms with Gasteiger partial charge < -0.3 is 14.7 Å². The molecule has 3 aliphatic heterocycles. The van der Waals surface area contributed by atoms with Gasteiger partial charge in [0.25, 0.3) is 0 Å². The summed E-state index contributed by atoms with van der Waals surface area (Å²) in [7, 11) is 4.01. The molecule has 3 saturated heterocycles. The van der Waals surface area contributed by atoms with Crippen LogP contribution >= 0.6 is 0 Å². The maximum absolute atomic E-state index is 13.1. The van der Waals surface area contributed by atoms with Gasteiger partial charge in [0.1, 0.15) is 11.5 Å². The average Bonchev–Trinajstić information content (AvgIpc) is 2.64. The summed E-state index contributed by atoms with van der Waals surface area (Å²) < 4.78 is 39.3. The van der Waals surface area contributed by atoms with Gasteiger partial charge >= 0.3 is 6.18 Å². The molecule has 0 aliphatic carbocycles. The molecular formula is C20H27F3N4O. The Hall–Kier alpha value is -1.83. The van der Waals surface area contributed by atoms with Crippen molar-refractivity contribution in [2.24, 2.45) is 11.8 Å². The summed E-state index contributed by atoms with van der Waals surface area (Å²) in [6.07, 6.45) is -0.919. The summed E-state index contributed by atoms with van der Waals surface area (Å²) in [5, 5.41) is 0. The molecule has 0 saturated carbocycles. The molecule has 1 aromatic heterocycles. The largest absolute Gasteiger partial charge is 0.433 e. The Morgan fingerprint density at radius 2 is 1.96 bits per heavy atom. The number of hydrogen-bond acceptors (Lipinski definition) is 4. The van der Waals surface area contributed by atoms with Gasteiger partial charge in [-0.3, -0.25) is 4.79 Å². The molecule has 0 spiro atoms. The minimum absolute atomic E-state index is 0.109. The van der Waals surface area contributed by atoms with E-state index in [-0.39, 0.29) is 29.8 Å². The maximum Gasteiger partial charge on any atom is 0.433 e. The van der Waals surface area contributed by atoms with Gasteiger partial charge in [-0.15, -0.1) is 0 Å². The van der Waals surface area contributed by atoms with Crippen LogP contribution in [0.2, 0.25) is 0 Å². The van der Waals surface area contributed by atoms with Crippen molar-refractivity contribution in [1.29, 1.82) is 0 Å². The minimum atomic E-state index is -4.44. The molecule has 0 aromatic carbocycles. The molecule has 1 amide bonds. The van der Waals surface area contributed by atoms with Gasteiger partial charge in [0.15, 0.2) is 0 Å². The molecule has 154 valence electrons. The number of halogens is 3. The molecule has 0 unspecified atom stereocenters.